The van der Waals surface area contributed by atoms with Crippen molar-refractivity contribution in [3.8, 4) is 0 Å². The zero-order valence-corrected chi connectivity index (χ0v) is 12.9. The van der Waals surface area contributed by atoms with E-state index in [4.69, 9.17) is 16.6 Å². The van der Waals surface area contributed by atoms with E-state index >= 15 is 0 Å². The van der Waals surface area contributed by atoms with Gasteiger partial charge in [-0.15, -0.1) is 0 Å². The molecule has 1 N–H and O–H groups in total. The third-order valence-electron chi connectivity index (χ3n) is 3.45. The molecule has 0 bridgehead atoms. The van der Waals surface area contributed by atoms with Gasteiger partial charge in [0.2, 0.25) is 0 Å². The highest BCUT2D eigenvalue weighted by Gasteiger charge is 2.15. The molecule has 0 fully saturated rings. The Kier molecular flexibility index (Phi) is 3.97. The first-order chi connectivity index (χ1) is 8.97. The third-order valence-corrected chi connectivity index (χ3v) is 3.86. The van der Waals surface area contributed by atoms with Gasteiger partial charge in [-0.3, -0.25) is 4.98 Å². The number of pyridine rings is 1. The van der Waals surface area contributed by atoms with Crippen molar-refractivity contribution in [3.63, 3.8) is 0 Å². The van der Waals surface area contributed by atoms with Crippen molar-refractivity contribution in [1.29, 1.82) is 0 Å². The molecule has 2 rings (SSSR count). The summed E-state index contributed by atoms with van der Waals surface area (Å²) in [5.41, 5.74) is 5.54. The molecule has 0 spiro atoms. The average molecular weight is 278 g/mol. The van der Waals surface area contributed by atoms with E-state index in [1.807, 2.05) is 20.0 Å². The van der Waals surface area contributed by atoms with E-state index in [9.17, 15) is 0 Å². The maximum absolute atomic E-state index is 6.22. The number of anilines is 1. The quantitative estimate of drug-likeness (QED) is 0.933. The third kappa shape index (κ3) is 2.40. The molecule has 3 nitrogen and oxygen atoms in total. The zero-order chi connectivity index (χ0) is 14.2. The van der Waals surface area contributed by atoms with Gasteiger partial charge < -0.3 is 10.2 Å². The molecular formula is C15H20ClN3. The van der Waals surface area contributed by atoms with Gasteiger partial charge in [-0.2, -0.15) is 0 Å². The van der Waals surface area contributed by atoms with Crippen molar-refractivity contribution < 1.29 is 0 Å². The number of fused-ring (bicyclic) bond motifs is 1. The number of hydrogen-bond acceptors (Lipinski definition) is 3. The van der Waals surface area contributed by atoms with Gasteiger partial charge in [-0.1, -0.05) is 11.6 Å². The number of hydrogen-bond donors (Lipinski definition) is 1. The normalized spacial score (nSPS) is 11.1. The van der Waals surface area contributed by atoms with Crippen LogP contribution in [0.2, 0.25) is 5.02 Å². The molecule has 0 aliphatic rings. The Morgan fingerprint density at radius 2 is 1.89 bits per heavy atom. The molecule has 0 saturated carbocycles. The van der Waals surface area contributed by atoms with Crippen LogP contribution in [0.1, 0.15) is 16.8 Å². The molecule has 0 radical (unpaired) electrons. The van der Waals surface area contributed by atoms with Crippen molar-refractivity contribution in [2.45, 2.75) is 20.4 Å². The molecule has 2 aromatic rings. The Balaban J connectivity index is 2.87. The number of nitrogens with one attached hydrogen (secondary N) is 1. The number of rotatable bonds is 3. The fourth-order valence-electron chi connectivity index (χ4n) is 2.48. The maximum Gasteiger partial charge on any atom is 0.0770 e. The molecular weight excluding hydrogens is 258 g/mol. The Labute approximate surface area is 119 Å². The first-order valence-electron chi connectivity index (χ1n) is 6.37. The summed E-state index contributed by atoms with van der Waals surface area (Å²) in [5.74, 6) is 0. The summed E-state index contributed by atoms with van der Waals surface area (Å²) in [5, 5.41) is 5.10. The number of nitrogens with zero attached hydrogens (tertiary/aromatic N) is 2. The summed E-state index contributed by atoms with van der Waals surface area (Å²) in [6, 6.07) is 4.01. The first kappa shape index (κ1) is 14.1. The Morgan fingerprint density at radius 3 is 2.47 bits per heavy atom. The van der Waals surface area contributed by atoms with Gasteiger partial charge in [0.1, 0.15) is 0 Å². The van der Waals surface area contributed by atoms with Gasteiger partial charge in [-0.25, -0.2) is 0 Å². The molecule has 1 heterocycles. The summed E-state index contributed by atoms with van der Waals surface area (Å²) in [6.07, 6.45) is 0. The van der Waals surface area contributed by atoms with E-state index in [2.05, 4.69) is 37.3 Å². The minimum absolute atomic E-state index is 0.758. The molecule has 0 atom stereocenters. The Morgan fingerprint density at radius 1 is 1.21 bits per heavy atom. The predicted molar refractivity (Wildman–Crippen MR) is 83.3 cm³/mol. The minimum atomic E-state index is 0.758. The maximum atomic E-state index is 6.22. The molecule has 0 amide bonds. The SMILES string of the molecule is CNCc1nc2c(C)c(Cl)ccc2c(N(C)C)c1C. The van der Waals surface area contributed by atoms with E-state index in [0.29, 0.717) is 0 Å². The fourth-order valence-corrected chi connectivity index (χ4v) is 2.64. The van der Waals surface area contributed by atoms with Crippen molar-refractivity contribution in [1.82, 2.24) is 10.3 Å². The lowest BCUT2D eigenvalue weighted by Gasteiger charge is -2.21. The average Bonchev–Trinajstić information content (AvgIpc) is 2.35. The van der Waals surface area contributed by atoms with E-state index in [1.54, 1.807) is 0 Å². The monoisotopic (exact) mass is 277 g/mol. The van der Waals surface area contributed by atoms with Crippen LogP contribution in [-0.4, -0.2) is 26.1 Å². The molecule has 1 aromatic carbocycles. The van der Waals surface area contributed by atoms with Crippen LogP contribution in [0.25, 0.3) is 10.9 Å². The van der Waals surface area contributed by atoms with Crippen LogP contribution in [0, 0.1) is 13.8 Å². The number of aryl methyl sites for hydroxylation is 1. The van der Waals surface area contributed by atoms with E-state index in [1.165, 1.54) is 11.3 Å². The Bertz CT molecular complexity index is 621. The van der Waals surface area contributed by atoms with Crippen molar-refractivity contribution in [2.75, 3.05) is 26.0 Å². The van der Waals surface area contributed by atoms with Gasteiger partial charge in [-0.05, 0) is 44.2 Å². The molecule has 1 aromatic heterocycles. The molecule has 0 unspecified atom stereocenters. The van der Waals surface area contributed by atoms with Crippen LogP contribution in [0.4, 0.5) is 5.69 Å². The number of benzene rings is 1. The second kappa shape index (κ2) is 5.35. The zero-order valence-electron chi connectivity index (χ0n) is 12.1. The van der Waals surface area contributed by atoms with E-state index in [-0.39, 0.29) is 0 Å². The van der Waals surface area contributed by atoms with Gasteiger partial charge in [0, 0.05) is 31.0 Å². The lowest BCUT2D eigenvalue weighted by Crippen LogP contribution is -2.16. The first-order valence-corrected chi connectivity index (χ1v) is 6.75. The molecule has 0 aliphatic heterocycles. The molecule has 0 saturated heterocycles. The summed E-state index contributed by atoms with van der Waals surface area (Å²) in [7, 11) is 6.06. The highest BCUT2D eigenvalue weighted by molar-refractivity contribution is 6.32. The van der Waals surface area contributed by atoms with Crippen LogP contribution in [-0.2, 0) is 6.54 Å². The summed E-state index contributed by atoms with van der Waals surface area (Å²) in [4.78, 5) is 6.94. The van der Waals surface area contributed by atoms with Crippen LogP contribution in [0.3, 0.4) is 0 Å². The lowest BCUT2D eigenvalue weighted by molar-refractivity contribution is 0.787. The van der Waals surface area contributed by atoms with Crippen molar-refractivity contribution >= 4 is 28.2 Å². The highest BCUT2D eigenvalue weighted by atomic mass is 35.5. The van der Waals surface area contributed by atoms with Crippen molar-refractivity contribution in [2.24, 2.45) is 0 Å². The summed E-state index contributed by atoms with van der Waals surface area (Å²) >= 11 is 6.22. The van der Waals surface area contributed by atoms with Gasteiger partial charge in [0.05, 0.1) is 16.9 Å². The highest BCUT2D eigenvalue weighted by Crippen LogP contribution is 2.34. The fraction of sp³-hybridized carbons (Fsp3) is 0.400. The van der Waals surface area contributed by atoms with Crippen LogP contribution in [0.15, 0.2) is 12.1 Å². The van der Waals surface area contributed by atoms with Crippen LogP contribution < -0.4 is 10.2 Å². The largest absolute Gasteiger partial charge is 0.377 e. The standard InChI is InChI=1S/C15H20ClN3/c1-9-12(16)7-6-11-14(9)18-13(8-17-3)10(2)15(11)19(4)5/h6-7,17H,8H2,1-5H3. The van der Waals surface area contributed by atoms with Crippen molar-refractivity contribution in [3.05, 3.63) is 34.0 Å². The minimum Gasteiger partial charge on any atom is -0.377 e. The molecule has 4 heteroatoms. The van der Waals surface area contributed by atoms with E-state index in [0.717, 1.165) is 33.7 Å². The second-order valence-electron chi connectivity index (χ2n) is 5.03. The molecule has 0 aliphatic carbocycles. The second-order valence-corrected chi connectivity index (χ2v) is 5.43. The number of halogens is 1. The molecule has 19 heavy (non-hydrogen) atoms. The van der Waals surface area contributed by atoms with Crippen LogP contribution >= 0.6 is 11.6 Å². The van der Waals surface area contributed by atoms with E-state index < -0.39 is 0 Å². The summed E-state index contributed by atoms with van der Waals surface area (Å²) < 4.78 is 0. The topological polar surface area (TPSA) is 28.2 Å². The van der Waals surface area contributed by atoms with Gasteiger partial charge in [0.15, 0.2) is 0 Å². The van der Waals surface area contributed by atoms with Gasteiger partial charge >= 0.3 is 0 Å². The molecule has 102 valence electrons. The van der Waals surface area contributed by atoms with Gasteiger partial charge in [0.25, 0.3) is 0 Å². The summed E-state index contributed by atoms with van der Waals surface area (Å²) in [6.45, 7) is 4.91. The predicted octanol–water partition coefficient (Wildman–Crippen LogP) is 3.29. The van der Waals surface area contributed by atoms with Crippen LogP contribution in [0.5, 0.6) is 0 Å². The number of aromatic nitrogens is 1. The smallest absolute Gasteiger partial charge is 0.0770 e. The Hall–Kier alpha value is -1.32. The lowest BCUT2D eigenvalue weighted by atomic mass is 10.0.